The van der Waals surface area contributed by atoms with Gasteiger partial charge in [-0.15, -0.1) is 0 Å². The van der Waals surface area contributed by atoms with Crippen LogP contribution in [0.15, 0.2) is 0 Å². The van der Waals surface area contributed by atoms with Gasteiger partial charge < -0.3 is 4.74 Å². The summed E-state index contributed by atoms with van der Waals surface area (Å²) in [7, 11) is 3.83. The molecule has 0 aromatic carbocycles. The molecular weight excluding hydrogens is 140 g/mol. The predicted octanol–water partition coefficient (Wildman–Crippen LogP) is 0.914. The second kappa shape index (κ2) is 6.58. The minimum absolute atomic E-state index is 0.174. The number of hydrogen-bond donors (Lipinski definition) is 2. The summed E-state index contributed by atoms with van der Waals surface area (Å²) in [4.78, 5) is 0. The first-order chi connectivity index (χ1) is 5.28. The van der Waals surface area contributed by atoms with E-state index in [4.69, 9.17) is 4.74 Å². The van der Waals surface area contributed by atoms with Crippen LogP contribution in [0, 0.1) is 0 Å². The lowest BCUT2D eigenvalue weighted by Gasteiger charge is -2.22. The molecule has 2 unspecified atom stereocenters. The molecule has 2 N–H and O–H groups in total. The van der Waals surface area contributed by atoms with Crippen molar-refractivity contribution in [3.8, 4) is 0 Å². The van der Waals surface area contributed by atoms with Crippen molar-refractivity contribution in [1.29, 1.82) is 0 Å². The van der Waals surface area contributed by atoms with Crippen molar-refractivity contribution in [3.63, 3.8) is 0 Å². The van der Waals surface area contributed by atoms with Crippen LogP contribution >= 0.6 is 0 Å². The summed E-state index contributed by atoms with van der Waals surface area (Å²) in [5.41, 5.74) is 0. The molecule has 68 valence electrons. The van der Waals surface area contributed by atoms with Crippen LogP contribution in [-0.2, 0) is 4.74 Å². The van der Waals surface area contributed by atoms with Gasteiger partial charge in [0, 0.05) is 0 Å². The summed E-state index contributed by atoms with van der Waals surface area (Å²) < 4.78 is 5.62. The highest BCUT2D eigenvalue weighted by atomic mass is 16.5. The van der Waals surface area contributed by atoms with Gasteiger partial charge in [-0.1, -0.05) is 13.8 Å². The molecule has 0 aliphatic rings. The number of nitrogens with one attached hydrogen (secondary N) is 2. The maximum atomic E-state index is 5.62. The van der Waals surface area contributed by atoms with Crippen LogP contribution in [-0.4, -0.2) is 26.6 Å². The van der Waals surface area contributed by atoms with Crippen LogP contribution < -0.4 is 10.6 Å². The number of ether oxygens (including phenoxy) is 1. The molecule has 0 aliphatic heterocycles. The minimum atomic E-state index is 0.174. The summed E-state index contributed by atoms with van der Waals surface area (Å²) in [6, 6.07) is 0. The Morgan fingerprint density at radius 2 is 1.36 bits per heavy atom. The Morgan fingerprint density at radius 1 is 1.00 bits per heavy atom. The van der Waals surface area contributed by atoms with Gasteiger partial charge in [0.05, 0.1) is 0 Å². The van der Waals surface area contributed by atoms with E-state index in [1.165, 1.54) is 0 Å². The topological polar surface area (TPSA) is 33.3 Å². The summed E-state index contributed by atoms with van der Waals surface area (Å²) in [5.74, 6) is 0. The van der Waals surface area contributed by atoms with Gasteiger partial charge in [-0.2, -0.15) is 0 Å². The van der Waals surface area contributed by atoms with E-state index in [1.807, 2.05) is 14.1 Å². The van der Waals surface area contributed by atoms with E-state index in [2.05, 4.69) is 24.5 Å². The molecule has 0 saturated carbocycles. The molecule has 0 rings (SSSR count). The third-order valence-electron chi connectivity index (χ3n) is 1.71. The van der Waals surface area contributed by atoms with Crippen LogP contribution in [0.3, 0.4) is 0 Å². The molecule has 0 amide bonds. The van der Waals surface area contributed by atoms with Crippen molar-refractivity contribution in [2.24, 2.45) is 0 Å². The molecule has 0 aliphatic carbocycles. The van der Waals surface area contributed by atoms with Gasteiger partial charge in [-0.25, -0.2) is 0 Å². The fourth-order valence-electron chi connectivity index (χ4n) is 0.935. The molecule has 0 radical (unpaired) electrons. The van der Waals surface area contributed by atoms with Gasteiger partial charge >= 0.3 is 0 Å². The van der Waals surface area contributed by atoms with E-state index in [-0.39, 0.29) is 12.5 Å². The maximum Gasteiger partial charge on any atom is 0.109 e. The normalized spacial score (nSPS) is 16.4. The van der Waals surface area contributed by atoms with Gasteiger partial charge in [0.1, 0.15) is 12.5 Å². The van der Waals surface area contributed by atoms with Crippen molar-refractivity contribution >= 4 is 0 Å². The molecule has 0 bridgehead atoms. The Bertz CT molecular complexity index is 70.2. The lowest BCUT2D eigenvalue weighted by atomic mass is 10.4. The monoisotopic (exact) mass is 160 g/mol. The van der Waals surface area contributed by atoms with Crippen LogP contribution in [0.25, 0.3) is 0 Å². The molecule has 11 heavy (non-hydrogen) atoms. The average molecular weight is 160 g/mol. The second-order valence-corrected chi connectivity index (χ2v) is 2.51. The van der Waals surface area contributed by atoms with Gasteiger partial charge in [-0.05, 0) is 26.9 Å². The zero-order chi connectivity index (χ0) is 8.69. The Hall–Kier alpha value is -0.120. The van der Waals surface area contributed by atoms with Crippen LogP contribution in [0.1, 0.15) is 26.7 Å². The second-order valence-electron chi connectivity index (χ2n) is 2.51. The molecule has 0 aromatic rings. The zero-order valence-electron chi connectivity index (χ0n) is 7.98. The smallest absolute Gasteiger partial charge is 0.109 e. The molecule has 0 saturated heterocycles. The molecule has 0 spiro atoms. The van der Waals surface area contributed by atoms with Crippen molar-refractivity contribution in [3.05, 3.63) is 0 Å². The summed E-state index contributed by atoms with van der Waals surface area (Å²) in [6.07, 6.45) is 2.34. The first kappa shape index (κ1) is 10.9. The van der Waals surface area contributed by atoms with Crippen molar-refractivity contribution in [2.45, 2.75) is 39.1 Å². The van der Waals surface area contributed by atoms with Crippen LogP contribution in [0.4, 0.5) is 0 Å². The number of hydrogen-bond acceptors (Lipinski definition) is 3. The minimum Gasteiger partial charge on any atom is -0.345 e. The quantitative estimate of drug-likeness (QED) is 0.567. The standard InChI is InChI=1S/C8H20N2O/c1-5-7(9-3)11-8(6-2)10-4/h7-10H,5-6H2,1-4H3. The molecule has 0 fully saturated rings. The molecule has 3 nitrogen and oxygen atoms in total. The van der Waals surface area contributed by atoms with Crippen molar-refractivity contribution < 1.29 is 4.74 Å². The lowest BCUT2D eigenvalue weighted by molar-refractivity contribution is -0.0425. The Morgan fingerprint density at radius 3 is 1.55 bits per heavy atom. The van der Waals surface area contributed by atoms with Gasteiger partial charge in [0.25, 0.3) is 0 Å². The fourth-order valence-corrected chi connectivity index (χ4v) is 0.935. The largest absolute Gasteiger partial charge is 0.345 e. The zero-order valence-corrected chi connectivity index (χ0v) is 7.98. The highest BCUT2D eigenvalue weighted by molar-refractivity contribution is 4.53. The average Bonchev–Trinajstić information content (AvgIpc) is 2.07. The third kappa shape index (κ3) is 4.35. The van der Waals surface area contributed by atoms with E-state index in [0.29, 0.717) is 0 Å². The number of rotatable bonds is 6. The van der Waals surface area contributed by atoms with E-state index in [1.54, 1.807) is 0 Å². The third-order valence-corrected chi connectivity index (χ3v) is 1.71. The van der Waals surface area contributed by atoms with Crippen LogP contribution in [0.2, 0.25) is 0 Å². The molecular formula is C8H20N2O. The maximum absolute atomic E-state index is 5.62. The summed E-state index contributed by atoms with van der Waals surface area (Å²) in [6.45, 7) is 4.20. The van der Waals surface area contributed by atoms with Crippen LogP contribution in [0.5, 0.6) is 0 Å². The Labute approximate surface area is 69.5 Å². The Kier molecular flexibility index (Phi) is 6.51. The Balaban J connectivity index is 3.58. The van der Waals surface area contributed by atoms with E-state index < -0.39 is 0 Å². The molecule has 0 heterocycles. The first-order valence-electron chi connectivity index (χ1n) is 4.28. The van der Waals surface area contributed by atoms with Gasteiger partial charge in [0.15, 0.2) is 0 Å². The van der Waals surface area contributed by atoms with Crippen molar-refractivity contribution in [2.75, 3.05) is 14.1 Å². The highest BCUT2D eigenvalue weighted by Gasteiger charge is 2.08. The predicted molar refractivity (Wildman–Crippen MR) is 47.4 cm³/mol. The first-order valence-corrected chi connectivity index (χ1v) is 4.28. The lowest BCUT2D eigenvalue weighted by Crippen LogP contribution is -2.37. The molecule has 3 heteroatoms. The van der Waals surface area contributed by atoms with E-state index >= 15 is 0 Å². The summed E-state index contributed by atoms with van der Waals surface area (Å²) in [5, 5.41) is 6.18. The summed E-state index contributed by atoms with van der Waals surface area (Å²) >= 11 is 0. The van der Waals surface area contributed by atoms with Gasteiger partial charge in [0.2, 0.25) is 0 Å². The molecule has 2 atom stereocenters. The highest BCUT2D eigenvalue weighted by Crippen LogP contribution is 1.99. The van der Waals surface area contributed by atoms with E-state index in [0.717, 1.165) is 12.8 Å². The SMILES string of the molecule is CCC(NC)OC(CC)NC. The van der Waals surface area contributed by atoms with Crippen molar-refractivity contribution in [1.82, 2.24) is 10.6 Å². The van der Waals surface area contributed by atoms with E-state index in [9.17, 15) is 0 Å². The fraction of sp³-hybridized carbons (Fsp3) is 1.00. The van der Waals surface area contributed by atoms with Gasteiger partial charge in [-0.3, -0.25) is 10.6 Å². The molecule has 0 aromatic heterocycles.